The van der Waals surface area contributed by atoms with Gasteiger partial charge in [0.15, 0.2) is 0 Å². The van der Waals surface area contributed by atoms with E-state index in [0.717, 1.165) is 6.42 Å². The van der Waals surface area contributed by atoms with Gasteiger partial charge in [-0.1, -0.05) is 109 Å². The van der Waals surface area contributed by atoms with E-state index < -0.39 is 0 Å². The van der Waals surface area contributed by atoms with Crippen molar-refractivity contribution in [3.63, 3.8) is 0 Å². The van der Waals surface area contributed by atoms with Gasteiger partial charge in [-0.05, 0) is 30.2 Å². The maximum Gasteiger partial charge on any atom is 0.0948 e. The number of hydrogen-bond acceptors (Lipinski definition) is 1. The van der Waals surface area contributed by atoms with Crippen molar-refractivity contribution in [2.24, 2.45) is 11.8 Å². The lowest BCUT2D eigenvalue weighted by atomic mass is 9.81. The largest absolute Gasteiger partial charge is 0.334 e. The molecule has 0 aliphatic heterocycles. The molecule has 2 atom stereocenters. The molecule has 0 saturated heterocycles. The van der Waals surface area contributed by atoms with Crippen LogP contribution in [-0.4, -0.2) is 9.55 Å². The molecule has 0 fully saturated rings. The van der Waals surface area contributed by atoms with Gasteiger partial charge in [0.25, 0.3) is 0 Å². The van der Waals surface area contributed by atoms with E-state index >= 15 is 0 Å². The molecule has 0 N–H and O–H groups in total. The van der Waals surface area contributed by atoms with Gasteiger partial charge in [-0.15, -0.1) is 0 Å². The van der Waals surface area contributed by atoms with Crippen molar-refractivity contribution in [1.29, 1.82) is 0 Å². The summed E-state index contributed by atoms with van der Waals surface area (Å²) in [7, 11) is 0. The van der Waals surface area contributed by atoms with E-state index in [-0.39, 0.29) is 0 Å². The van der Waals surface area contributed by atoms with Crippen LogP contribution >= 0.6 is 0 Å². The molecule has 2 unspecified atom stereocenters. The minimum absolute atomic E-state index is 0.548. The molecule has 0 amide bonds. The summed E-state index contributed by atoms with van der Waals surface area (Å²) in [5.41, 5.74) is 1.46. The summed E-state index contributed by atoms with van der Waals surface area (Å²) in [5, 5.41) is 0. The van der Waals surface area contributed by atoms with Crippen molar-refractivity contribution < 1.29 is 0 Å². The summed E-state index contributed by atoms with van der Waals surface area (Å²) in [6, 6.07) is 11.5. The summed E-state index contributed by atoms with van der Waals surface area (Å²) >= 11 is 0. The van der Waals surface area contributed by atoms with E-state index in [0.29, 0.717) is 17.9 Å². The fourth-order valence-electron chi connectivity index (χ4n) is 4.42. The molecule has 28 heavy (non-hydrogen) atoms. The molecule has 2 aromatic rings. The Bertz CT molecular complexity index is 588. The highest BCUT2D eigenvalue weighted by atomic mass is 15.1. The lowest BCUT2D eigenvalue weighted by molar-refractivity contribution is 0.233. The number of nitrogens with zero attached hydrogens (tertiary/aromatic N) is 2. The predicted molar refractivity (Wildman–Crippen MR) is 122 cm³/mol. The fraction of sp³-hybridized carbons (Fsp3) is 0.654. The predicted octanol–water partition coefficient (Wildman–Crippen LogP) is 7.86. The van der Waals surface area contributed by atoms with Gasteiger partial charge in [0.2, 0.25) is 0 Å². The Hall–Kier alpha value is -1.57. The molecule has 1 heterocycles. The smallest absolute Gasteiger partial charge is 0.0948 e. The van der Waals surface area contributed by atoms with Crippen LogP contribution in [0.4, 0.5) is 0 Å². The average Bonchev–Trinajstić information content (AvgIpc) is 3.23. The number of imidazole rings is 1. The van der Waals surface area contributed by atoms with Crippen LogP contribution in [0.5, 0.6) is 0 Å². The van der Waals surface area contributed by atoms with Crippen LogP contribution in [0.2, 0.25) is 0 Å². The second-order valence-corrected chi connectivity index (χ2v) is 8.79. The molecule has 1 aromatic carbocycles. The summed E-state index contributed by atoms with van der Waals surface area (Å²) in [6.45, 7) is 7.06. The summed E-state index contributed by atoms with van der Waals surface area (Å²) in [6.07, 6.45) is 21.1. The quantitative estimate of drug-likeness (QED) is 0.287. The number of benzene rings is 1. The van der Waals surface area contributed by atoms with E-state index in [1.165, 1.54) is 69.8 Å². The summed E-state index contributed by atoms with van der Waals surface area (Å²) < 4.78 is 2.37. The van der Waals surface area contributed by atoms with Gasteiger partial charge in [-0.3, -0.25) is 0 Å². The summed E-state index contributed by atoms with van der Waals surface area (Å²) in [5.74, 6) is 1.30. The highest BCUT2D eigenvalue weighted by molar-refractivity contribution is 5.15. The third kappa shape index (κ3) is 8.20. The van der Waals surface area contributed by atoms with Gasteiger partial charge in [-0.25, -0.2) is 4.98 Å². The number of unbranched alkanes of at least 4 members (excludes halogenated alkanes) is 8. The van der Waals surface area contributed by atoms with E-state index in [9.17, 15) is 0 Å². The van der Waals surface area contributed by atoms with Crippen molar-refractivity contribution in [2.75, 3.05) is 0 Å². The van der Waals surface area contributed by atoms with Gasteiger partial charge < -0.3 is 4.57 Å². The van der Waals surface area contributed by atoms with Gasteiger partial charge >= 0.3 is 0 Å². The van der Waals surface area contributed by atoms with E-state index in [1.54, 1.807) is 0 Å². The first-order valence-electron chi connectivity index (χ1n) is 11.7. The van der Waals surface area contributed by atoms with E-state index in [2.05, 4.69) is 66.9 Å². The Labute approximate surface area is 173 Å². The monoisotopic (exact) mass is 382 g/mol. The van der Waals surface area contributed by atoms with Gasteiger partial charge in [0.05, 0.1) is 6.33 Å². The Morgan fingerprint density at radius 3 is 2.07 bits per heavy atom. The molecule has 2 nitrogen and oxygen atoms in total. The SMILES string of the molecule is CCCCCCCCCCCC(C(Cc1ccccc1)C(C)C)n1ccnc1. The second-order valence-electron chi connectivity index (χ2n) is 8.79. The molecular weight excluding hydrogens is 340 g/mol. The van der Waals surface area contributed by atoms with Gasteiger partial charge in [-0.2, -0.15) is 0 Å². The highest BCUT2D eigenvalue weighted by Gasteiger charge is 2.25. The molecule has 0 aliphatic rings. The molecule has 0 saturated carbocycles. The lowest BCUT2D eigenvalue weighted by Crippen LogP contribution is -2.25. The van der Waals surface area contributed by atoms with Crippen LogP contribution in [0.25, 0.3) is 0 Å². The number of rotatable bonds is 15. The van der Waals surface area contributed by atoms with Crippen LogP contribution in [-0.2, 0) is 6.42 Å². The lowest BCUT2D eigenvalue weighted by Gasteiger charge is -2.31. The van der Waals surface area contributed by atoms with E-state index in [4.69, 9.17) is 0 Å². The second kappa shape index (κ2) is 13.6. The van der Waals surface area contributed by atoms with Crippen LogP contribution in [0.1, 0.15) is 96.6 Å². The zero-order valence-electron chi connectivity index (χ0n) is 18.5. The normalized spacial score (nSPS) is 13.7. The van der Waals surface area contributed by atoms with Crippen molar-refractivity contribution in [3.8, 4) is 0 Å². The van der Waals surface area contributed by atoms with Gasteiger partial charge in [0.1, 0.15) is 0 Å². The minimum Gasteiger partial charge on any atom is -0.334 e. The first-order chi connectivity index (χ1) is 13.7. The Morgan fingerprint density at radius 1 is 0.857 bits per heavy atom. The standard InChI is InChI=1S/C26H42N2/c1-4-5-6-7-8-9-10-11-15-18-26(28-20-19-27-22-28)25(23(2)3)21-24-16-13-12-14-17-24/h12-14,16-17,19-20,22-23,25-26H,4-11,15,18,21H2,1-3H3. The maximum absolute atomic E-state index is 4.35. The first-order valence-corrected chi connectivity index (χ1v) is 11.7. The Morgan fingerprint density at radius 2 is 1.50 bits per heavy atom. The van der Waals surface area contributed by atoms with Crippen LogP contribution in [0, 0.1) is 11.8 Å². The maximum atomic E-state index is 4.35. The molecular formula is C26H42N2. The van der Waals surface area contributed by atoms with Crippen molar-refractivity contribution in [2.45, 2.75) is 97.4 Å². The highest BCUT2D eigenvalue weighted by Crippen LogP contribution is 2.33. The van der Waals surface area contributed by atoms with Crippen LogP contribution in [0.3, 0.4) is 0 Å². The molecule has 0 aliphatic carbocycles. The molecule has 0 radical (unpaired) electrons. The summed E-state index contributed by atoms with van der Waals surface area (Å²) in [4.78, 5) is 4.35. The fourth-order valence-corrected chi connectivity index (χ4v) is 4.42. The van der Waals surface area contributed by atoms with E-state index in [1.807, 2.05) is 12.5 Å². The topological polar surface area (TPSA) is 17.8 Å². The zero-order chi connectivity index (χ0) is 20.0. The number of aromatic nitrogens is 2. The molecule has 2 heteroatoms. The van der Waals surface area contributed by atoms with Gasteiger partial charge in [0, 0.05) is 18.4 Å². The average molecular weight is 383 g/mol. The van der Waals surface area contributed by atoms with Crippen LogP contribution < -0.4 is 0 Å². The molecule has 1 aromatic heterocycles. The third-order valence-corrected chi connectivity index (χ3v) is 6.18. The van der Waals surface area contributed by atoms with Crippen molar-refractivity contribution in [1.82, 2.24) is 9.55 Å². The number of hydrogen-bond donors (Lipinski definition) is 0. The van der Waals surface area contributed by atoms with Crippen LogP contribution in [0.15, 0.2) is 49.1 Å². The molecule has 0 bridgehead atoms. The molecule has 2 rings (SSSR count). The van der Waals surface area contributed by atoms with Crippen molar-refractivity contribution >= 4 is 0 Å². The zero-order valence-corrected chi connectivity index (χ0v) is 18.5. The molecule has 156 valence electrons. The first kappa shape index (κ1) is 22.7. The Kier molecular flexibility index (Phi) is 11.0. The Balaban J connectivity index is 1.85. The minimum atomic E-state index is 0.548. The molecule has 0 spiro atoms. The third-order valence-electron chi connectivity index (χ3n) is 6.18. The van der Waals surface area contributed by atoms with Crippen molar-refractivity contribution in [3.05, 3.63) is 54.6 Å².